The van der Waals surface area contributed by atoms with Crippen LogP contribution in [0.5, 0.6) is 11.6 Å². The van der Waals surface area contributed by atoms with E-state index in [0.717, 1.165) is 5.82 Å². The molecule has 2 aromatic heterocycles. The summed E-state index contributed by atoms with van der Waals surface area (Å²) in [7, 11) is 0. The molecule has 3 heterocycles. The number of aliphatic hydroxyl groups excluding tert-OH is 1. The highest BCUT2D eigenvalue weighted by Gasteiger charge is 2.21. The van der Waals surface area contributed by atoms with E-state index in [9.17, 15) is 14.3 Å². The summed E-state index contributed by atoms with van der Waals surface area (Å²) in [5.74, 6) is 0.880. The number of aliphatic hydroxyl groups is 1. The van der Waals surface area contributed by atoms with Gasteiger partial charge in [0.25, 0.3) is 0 Å². The minimum Gasteiger partial charge on any atom is -0.465 e. The van der Waals surface area contributed by atoms with E-state index < -0.39 is 11.9 Å². The lowest BCUT2D eigenvalue weighted by molar-refractivity contribution is 0.142. The van der Waals surface area contributed by atoms with Crippen molar-refractivity contribution in [1.82, 2.24) is 14.9 Å². The Morgan fingerprint density at radius 2 is 1.91 bits per heavy atom. The number of pyridine rings is 2. The molecule has 0 bridgehead atoms. The lowest BCUT2D eigenvalue weighted by Crippen LogP contribution is -2.48. The van der Waals surface area contributed by atoms with Crippen molar-refractivity contribution in [2.24, 2.45) is 0 Å². The van der Waals surface area contributed by atoms with Gasteiger partial charge in [0.05, 0.1) is 18.5 Å². The first-order valence-corrected chi connectivity index (χ1v) is 10.2. The van der Waals surface area contributed by atoms with Crippen LogP contribution < -0.4 is 9.64 Å². The Bertz CT molecular complexity index is 1100. The van der Waals surface area contributed by atoms with Crippen LogP contribution in [0.4, 0.5) is 15.0 Å². The van der Waals surface area contributed by atoms with E-state index >= 15 is 0 Å². The first-order valence-electron chi connectivity index (χ1n) is 9.86. The highest BCUT2D eigenvalue weighted by molar-refractivity contribution is 6.30. The van der Waals surface area contributed by atoms with Gasteiger partial charge in [0.1, 0.15) is 17.4 Å². The minimum absolute atomic E-state index is 0.219. The van der Waals surface area contributed by atoms with Gasteiger partial charge < -0.3 is 24.7 Å². The smallest absolute Gasteiger partial charge is 0.407 e. The first-order chi connectivity index (χ1) is 15.4. The van der Waals surface area contributed by atoms with E-state index in [1.165, 1.54) is 17.0 Å². The fourth-order valence-corrected chi connectivity index (χ4v) is 3.64. The Morgan fingerprint density at radius 1 is 1.12 bits per heavy atom. The molecule has 1 saturated heterocycles. The molecule has 32 heavy (non-hydrogen) atoms. The van der Waals surface area contributed by atoms with E-state index in [4.69, 9.17) is 21.4 Å². The molecule has 0 saturated carbocycles. The van der Waals surface area contributed by atoms with Crippen molar-refractivity contribution < 1.29 is 24.1 Å². The summed E-state index contributed by atoms with van der Waals surface area (Å²) in [5.41, 5.74) is 1.42. The standard InChI is InChI=1S/C22H20ClFN4O4/c23-16-9-15(10-17(24)11-16)19-7-14(13-29)8-21(26-19)32-18-1-2-20(25-12-18)27-3-5-28(6-4-27)22(30)31/h1-2,7-12,29H,3-6,13H2,(H,30,31). The van der Waals surface area contributed by atoms with Crippen LogP contribution in [0, 0.1) is 5.82 Å². The summed E-state index contributed by atoms with van der Waals surface area (Å²) in [4.78, 5) is 23.2. The molecule has 0 spiro atoms. The Morgan fingerprint density at radius 3 is 2.53 bits per heavy atom. The number of benzene rings is 1. The predicted octanol–water partition coefficient (Wildman–Crippen LogP) is 4.02. The van der Waals surface area contributed by atoms with Crippen molar-refractivity contribution in [3.63, 3.8) is 0 Å². The van der Waals surface area contributed by atoms with Crippen LogP contribution in [0.2, 0.25) is 5.02 Å². The Hall–Kier alpha value is -3.43. The lowest BCUT2D eigenvalue weighted by Gasteiger charge is -2.33. The van der Waals surface area contributed by atoms with E-state index in [2.05, 4.69) is 9.97 Å². The molecule has 166 valence electrons. The van der Waals surface area contributed by atoms with Gasteiger partial charge in [-0.05, 0) is 42.0 Å². The van der Waals surface area contributed by atoms with Crippen molar-refractivity contribution in [3.8, 4) is 22.9 Å². The maximum Gasteiger partial charge on any atom is 0.407 e. The summed E-state index contributed by atoms with van der Waals surface area (Å²) < 4.78 is 19.6. The third-order valence-corrected chi connectivity index (χ3v) is 5.24. The molecule has 1 amide bonds. The lowest BCUT2D eigenvalue weighted by atomic mass is 10.1. The molecule has 1 aliphatic heterocycles. The van der Waals surface area contributed by atoms with Crippen LogP contribution in [-0.4, -0.2) is 57.4 Å². The highest BCUT2D eigenvalue weighted by atomic mass is 35.5. The van der Waals surface area contributed by atoms with Gasteiger partial charge in [-0.2, -0.15) is 0 Å². The van der Waals surface area contributed by atoms with Gasteiger partial charge in [-0.1, -0.05) is 11.6 Å². The number of halogens is 2. The second-order valence-electron chi connectivity index (χ2n) is 7.23. The number of hydrogen-bond acceptors (Lipinski definition) is 6. The summed E-state index contributed by atoms with van der Waals surface area (Å²) in [6, 6.07) is 10.8. The van der Waals surface area contributed by atoms with Crippen LogP contribution >= 0.6 is 11.6 Å². The topological polar surface area (TPSA) is 99.0 Å². The summed E-state index contributed by atoms with van der Waals surface area (Å²) >= 11 is 5.95. The average Bonchev–Trinajstić information content (AvgIpc) is 2.79. The number of piperazine rings is 1. The summed E-state index contributed by atoms with van der Waals surface area (Å²) in [6.07, 6.45) is 0.629. The maximum atomic E-state index is 13.8. The molecule has 8 nitrogen and oxygen atoms in total. The van der Waals surface area contributed by atoms with Gasteiger partial charge in [0.15, 0.2) is 0 Å². The summed E-state index contributed by atoms with van der Waals surface area (Å²) in [5, 5.41) is 18.9. The van der Waals surface area contributed by atoms with Crippen molar-refractivity contribution >= 4 is 23.5 Å². The van der Waals surface area contributed by atoms with Crippen molar-refractivity contribution in [3.05, 3.63) is 65.1 Å². The van der Waals surface area contributed by atoms with Crippen LogP contribution in [0.25, 0.3) is 11.3 Å². The second kappa shape index (κ2) is 9.37. The largest absolute Gasteiger partial charge is 0.465 e. The SMILES string of the molecule is O=C(O)N1CCN(c2ccc(Oc3cc(CO)cc(-c4cc(F)cc(Cl)c4)n3)cn2)CC1. The van der Waals surface area contributed by atoms with E-state index in [1.807, 2.05) is 4.90 Å². The molecular weight excluding hydrogens is 439 g/mol. The maximum absolute atomic E-state index is 13.8. The van der Waals surface area contributed by atoms with Crippen LogP contribution in [0.3, 0.4) is 0 Å². The molecular formula is C22H20ClFN4O4. The highest BCUT2D eigenvalue weighted by Crippen LogP contribution is 2.28. The molecule has 0 unspecified atom stereocenters. The Kier molecular flexibility index (Phi) is 6.38. The van der Waals surface area contributed by atoms with Gasteiger partial charge >= 0.3 is 6.09 Å². The molecule has 1 fully saturated rings. The third kappa shape index (κ3) is 5.06. The molecule has 0 radical (unpaired) electrons. The molecule has 3 aromatic rings. The Labute approximate surface area is 188 Å². The zero-order valence-corrected chi connectivity index (χ0v) is 17.7. The third-order valence-electron chi connectivity index (χ3n) is 5.02. The van der Waals surface area contributed by atoms with E-state index in [-0.39, 0.29) is 17.5 Å². The van der Waals surface area contributed by atoms with Crippen LogP contribution in [0.15, 0.2) is 48.7 Å². The fraction of sp³-hybridized carbons (Fsp3) is 0.227. The summed E-state index contributed by atoms with van der Waals surface area (Å²) in [6.45, 7) is 1.70. The fourth-order valence-electron chi connectivity index (χ4n) is 3.42. The predicted molar refractivity (Wildman–Crippen MR) is 117 cm³/mol. The van der Waals surface area contributed by atoms with E-state index in [0.29, 0.717) is 48.7 Å². The molecule has 2 N–H and O–H groups in total. The molecule has 10 heteroatoms. The van der Waals surface area contributed by atoms with E-state index in [1.54, 1.807) is 36.5 Å². The molecule has 1 aliphatic rings. The number of anilines is 1. The second-order valence-corrected chi connectivity index (χ2v) is 7.66. The zero-order valence-electron chi connectivity index (χ0n) is 16.9. The molecule has 0 atom stereocenters. The average molecular weight is 459 g/mol. The number of carbonyl (C=O) groups is 1. The molecule has 0 aliphatic carbocycles. The molecule has 1 aromatic carbocycles. The van der Waals surface area contributed by atoms with Crippen LogP contribution in [-0.2, 0) is 6.61 Å². The number of nitrogens with zero attached hydrogens (tertiary/aromatic N) is 4. The number of aromatic nitrogens is 2. The number of ether oxygens (including phenoxy) is 1. The van der Waals surface area contributed by atoms with Gasteiger partial charge in [-0.25, -0.2) is 19.2 Å². The van der Waals surface area contributed by atoms with Gasteiger partial charge in [-0.15, -0.1) is 0 Å². The van der Waals surface area contributed by atoms with Gasteiger partial charge in [0.2, 0.25) is 5.88 Å². The van der Waals surface area contributed by atoms with Crippen molar-refractivity contribution in [2.45, 2.75) is 6.61 Å². The van der Waals surface area contributed by atoms with Crippen molar-refractivity contribution in [2.75, 3.05) is 31.1 Å². The minimum atomic E-state index is -0.918. The molecule has 4 rings (SSSR count). The zero-order chi connectivity index (χ0) is 22.7. The number of amides is 1. The quantitative estimate of drug-likeness (QED) is 0.595. The van der Waals surface area contributed by atoms with Gasteiger partial charge in [-0.3, -0.25) is 0 Å². The monoisotopic (exact) mass is 458 g/mol. The van der Waals surface area contributed by atoms with Crippen LogP contribution in [0.1, 0.15) is 5.56 Å². The van der Waals surface area contributed by atoms with Crippen molar-refractivity contribution in [1.29, 1.82) is 0 Å². The first kappa shape index (κ1) is 21.8. The Balaban J connectivity index is 1.51. The normalized spacial score (nSPS) is 13.8. The number of carboxylic acid groups (broad SMARTS) is 1. The number of rotatable bonds is 5. The van der Waals surface area contributed by atoms with Gasteiger partial charge in [0, 0.05) is 42.8 Å². The number of hydrogen-bond donors (Lipinski definition) is 2.